The Morgan fingerprint density at radius 2 is 1.10 bits per heavy atom. The average molecular weight is 945 g/mol. The van der Waals surface area contributed by atoms with Gasteiger partial charge in [-0.1, -0.05) is 23.5 Å². The summed E-state index contributed by atoms with van der Waals surface area (Å²) >= 11 is 0.993. The molecular formula is C40H24Li4N10O11S3. The maximum atomic E-state index is 11.6. The molecule has 0 saturated carbocycles. The number of hydrogen-bond donors (Lipinski definition) is 3. The summed E-state index contributed by atoms with van der Waals surface area (Å²) in [5, 5.41) is 47.3. The molecule has 0 spiro atoms. The van der Waals surface area contributed by atoms with Crippen LogP contribution in [0.15, 0.2) is 121 Å². The first-order valence-corrected chi connectivity index (χ1v) is 20.9. The predicted octanol–water partition coefficient (Wildman–Crippen LogP) is -4.60. The molecule has 0 radical (unpaired) electrons. The molecule has 6 aromatic rings. The molecule has 6 rings (SSSR count). The fourth-order valence-corrected chi connectivity index (χ4v) is 7.11. The number of pyridine rings is 1. The minimum Gasteiger partial charge on any atom is -0.744 e. The Balaban J connectivity index is 0.00000426. The molecule has 1 amide bonds. The van der Waals surface area contributed by atoms with Crippen LogP contribution in [0.5, 0.6) is 0 Å². The average Bonchev–Trinajstić information content (AvgIpc) is 3.60. The van der Waals surface area contributed by atoms with Crippen LogP contribution in [-0.4, -0.2) is 49.1 Å². The number of nitriles is 2. The molecule has 322 valence electrons. The number of anilines is 5. The number of amides is 1. The van der Waals surface area contributed by atoms with Crippen LogP contribution >= 0.6 is 11.3 Å². The summed E-state index contributed by atoms with van der Waals surface area (Å²) in [5.74, 6) is -0.300. The second kappa shape index (κ2) is 29.0. The molecule has 0 atom stereocenters. The standard InChI is InChI=1S/C38H26N10O7S3.2CO2.4Li/c1-22-31(20-39)35(42-26-12-16-29(17-13-26)57(50,51)52)44-36(43-27-14-18-30(19-15-27)58(53,54)55)34(22)46-47-37-32(21-40)33(24-8-10-25(11-9-24)41-23(2)49)38(56-37)48-45-28-6-4-3-5-7-28;2*2-1-3;;;;/h3,6-19H,1-2H3,(H,41,49)(H2,42,43,44)(H,50,51,52)(H,53,54,55);;;;;;/q-2;;;4*+1/p-2. The SMILES string of the molecule is CC(=O)Nc1ccc(-c2c(N=Nc3c[c-]c[c-]c3)sc(N=Nc3c(Nc4ccc(S(=O)(=O)[O-])cc4)nc(Nc4ccc(S(=O)(=O)[O-])cc4)c(C#N)c3C)c2C#N)cc1.O=C=O.O=C=O.[Li+].[Li+].[Li+].[Li+]. The summed E-state index contributed by atoms with van der Waals surface area (Å²) in [6, 6.07) is 31.0. The van der Waals surface area contributed by atoms with Gasteiger partial charge in [0.1, 0.15) is 48.6 Å². The first-order chi connectivity index (χ1) is 30.5. The number of thiophene rings is 1. The summed E-state index contributed by atoms with van der Waals surface area (Å²) in [4.78, 5) is 47.7. The molecule has 0 saturated heterocycles. The molecule has 2 aromatic heterocycles. The van der Waals surface area contributed by atoms with Crippen LogP contribution in [0.3, 0.4) is 0 Å². The van der Waals surface area contributed by atoms with Gasteiger partial charge in [0.05, 0.1) is 15.4 Å². The Morgan fingerprint density at radius 3 is 1.54 bits per heavy atom. The summed E-state index contributed by atoms with van der Waals surface area (Å²) in [6.07, 6.45) is 0.500. The van der Waals surface area contributed by atoms with Crippen molar-refractivity contribution in [3.63, 3.8) is 0 Å². The van der Waals surface area contributed by atoms with E-state index in [2.05, 4.69) is 65.7 Å². The van der Waals surface area contributed by atoms with Crippen molar-refractivity contribution in [2.45, 2.75) is 23.6 Å². The van der Waals surface area contributed by atoms with Gasteiger partial charge in [-0.15, -0.1) is 15.9 Å². The first kappa shape index (κ1) is 61.9. The molecule has 0 fully saturated rings. The molecule has 2 heterocycles. The molecular weight excluding hydrogens is 920 g/mol. The number of carbonyl (C=O) groups is 1. The van der Waals surface area contributed by atoms with E-state index in [4.69, 9.17) is 19.2 Å². The van der Waals surface area contributed by atoms with Gasteiger partial charge in [-0.2, -0.15) is 34.8 Å². The number of nitrogens with zero attached hydrogens (tertiary/aromatic N) is 7. The summed E-state index contributed by atoms with van der Waals surface area (Å²) in [6.45, 7) is 2.93. The Labute approximate surface area is 440 Å². The second-order valence-corrected chi connectivity index (χ2v) is 15.8. The zero-order valence-corrected chi connectivity index (χ0v) is 39.0. The van der Waals surface area contributed by atoms with Crippen molar-refractivity contribution in [1.82, 2.24) is 4.98 Å². The van der Waals surface area contributed by atoms with Crippen molar-refractivity contribution in [3.05, 3.63) is 120 Å². The molecule has 21 nitrogen and oxygen atoms in total. The van der Waals surface area contributed by atoms with Crippen molar-refractivity contribution >= 4 is 99.9 Å². The van der Waals surface area contributed by atoms with Gasteiger partial charge >= 0.3 is 87.7 Å². The number of aromatic nitrogens is 1. The molecule has 3 N–H and O–H groups in total. The van der Waals surface area contributed by atoms with Crippen LogP contribution in [0, 0.1) is 41.7 Å². The number of azo groups is 2. The smallest absolute Gasteiger partial charge is 0.744 e. The fourth-order valence-electron chi connectivity index (χ4n) is 5.26. The Kier molecular flexibility index (Phi) is 26.4. The van der Waals surface area contributed by atoms with E-state index in [0.717, 1.165) is 35.6 Å². The van der Waals surface area contributed by atoms with E-state index in [1.165, 1.54) is 31.2 Å². The van der Waals surface area contributed by atoms with E-state index >= 15 is 0 Å². The maximum Gasteiger partial charge on any atom is 1.00 e. The fraction of sp³-hybridized carbons (Fsp3) is 0.0500. The Morgan fingerprint density at radius 1 is 0.662 bits per heavy atom. The van der Waals surface area contributed by atoms with Gasteiger partial charge in [-0.05, 0) is 73.2 Å². The van der Waals surface area contributed by atoms with E-state index in [-0.39, 0.29) is 149 Å². The minimum absolute atomic E-state index is 0. The Hall–Kier alpha value is -6.05. The molecule has 0 aliphatic heterocycles. The maximum absolute atomic E-state index is 11.6. The summed E-state index contributed by atoms with van der Waals surface area (Å²) < 4.78 is 69.1. The van der Waals surface area contributed by atoms with E-state index in [0.29, 0.717) is 22.5 Å². The van der Waals surface area contributed by atoms with Crippen LogP contribution in [-0.2, 0) is 44.2 Å². The van der Waals surface area contributed by atoms with Crippen molar-refractivity contribution in [3.8, 4) is 23.3 Å². The van der Waals surface area contributed by atoms with Crippen molar-refractivity contribution in [1.29, 1.82) is 10.5 Å². The Bertz CT molecular complexity index is 3130. The van der Waals surface area contributed by atoms with Gasteiger partial charge in [0.2, 0.25) is 5.91 Å². The quantitative estimate of drug-likeness (QED) is 0.0450. The minimum atomic E-state index is -4.75. The summed E-state index contributed by atoms with van der Waals surface area (Å²) in [5.41, 5.74) is 2.74. The van der Waals surface area contributed by atoms with Crippen molar-refractivity contribution < 1.29 is 125 Å². The third kappa shape index (κ3) is 17.2. The third-order valence-electron chi connectivity index (χ3n) is 7.94. The van der Waals surface area contributed by atoms with Crippen LogP contribution in [0.1, 0.15) is 23.6 Å². The van der Waals surface area contributed by atoms with Gasteiger partial charge in [0, 0.05) is 35.1 Å². The largest absolute Gasteiger partial charge is 1.00 e. The second-order valence-electron chi connectivity index (χ2n) is 12.1. The van der Waals surface area contributed by atoms with E-state index < -0.39 is 30.0 Å². The topological polar surface area (TPSA) is 346 Å². The molecule has 0 bridgehead atoms. The molecule has 28 heteroatoms. The van der Waals surface area contributed by atoms with E-state index in [1.807, 2.05) is 0 Å². The van der Waals surface area contributed by atoms with Crippen LogP contribution < -0.4 is 91.4 Å². The first-order valence-electron chi connectivity index (χ1n) is 17.2. The molecule has 0 unspecified atom stereocenters. The zero-order valence-electron chi connectivity index (χ0n) is 36.5. The van der Waals surface area contributed by atoms with Gasteiger partial charge < -0.3 is 43.3 Å². The van der Waals surface area contributed by atoms with Crippen molar-refractivity contribution in [2.24, 2.45) is 20.5 Å². The molecule has 0 aliphatic rings. The molecule has 0 aliphatic carbocycles. The molecule has 4 aromatic carbocycles. The normalized spacial score (nSPS) is 10.1. The van der Waals surface area contributed by atoms with Crippen molar-refractivity contribution in [2.75, 3.05) is 16.0 Å². The van der Waals surface area contributed by atoms with Gasteiger partial charge in [-0.3, -0.25) is 22.0 Å². The monoisotopic (exact) mass is 944 g/mol. The van der Waals surface area contributed by atoms with Crippen LogP contribution in [0.4, 0.5) is 50.1 Å². The van der Waals surface area contributed by atoms with Gasteiger partial charge in [0.15, 0.2) is 16.6 Å². The molecule has 68 heavy (non-hydrogen) atoms. The van der Waals surface area contributed by atoms with Gasteiger partial charge in [0.25, 0.3) is 0 Å². The predicted molar refractivity (Wildman–Crippen MR) is 220 cm³/mol. The van der Waals surface area contributed by atoms with E-state index in [9.17, 15) is 41.3 Å². The number of rotatable bonds is 12. The van der Waals surface area contributed by atoms with Gasteiger partial charge in [-0.25, -0.2) is 21.8 Å². The number of benzene rings is 4. The number of nitrogens with one attached hydrogen (secondary N) is 3. The van der Waals surface area contributed by atoms with Crippen LogP contribution in [0.2, 0.25) is 0 Å². The zero-order chi connectivity index (χ0) is 47.0. The van der Waals surface area contributed by atoms with E-state index in [1.54, 1.807) is 49.4 Å². The van der Waals surface area contributed by atoms with Crippen LogP contribution in [0.25, 0.3) is 11.1 Å². The summed E-state index contributed by atoms with van der Waals surface area (Å²) in [7, 11) is -9.48. The number of hydrogen-bond acceptors (Lipinski definition) is 21. The number of carbonyl (C=O) groups excluding carboxylic acids is 5. The third-order valence-corrected chi connectivity index (χ3v) is 10.6.